The molecule has 0 radical (unpaired) electrons. The number of rotatable bonds is 10. The molecule has 0 bridgehead atoms. The van der Waals surface area contributed by atoms with Crippen molar-refractivity contribution >= 4 is 27.9 Å². The van der Waals surface area contributed by atoms with E-state index in [-0.39, 0.29) is 5.57 Å². The van der Waals surface area contributed by atoms with Crippen LogP contribution in [0.25, 0.3) is 27.7 Å². The molecule has 8 heteroatoms. The van der Waals surface area contributed by atoms with Gasteiger partial charge in [-0.05, 0) is 48.0 Å². The first-order valence-electron chi connectivity index (χ1n) is 12.2. The molecule has 0 atom stereocenters. The normalized spacial score (nSPS) is 14.8. The Hall–Kier alpha value is -3.64. The van der Waals surface area contributed by atoms with Crippen LogP contribution in [0.1, 0.15) is 12.7 Å². The Bertz CT molecular complexity index is 1270. The summed E-state index contributed by atoms with van der Waals surface area (Å²) in [6, 6.07) is 18.2. The molecular weight excluding hydrogens is 456 g/mol. The number of carbonyl (C=O) groups excluding carboxylic acids is 1. The fourth-order valence-electron chi connectivity index (χ4n) is 4.17. The van der Waals surface area contributed by atoms with E-state index in [1.807, 2.05) is 18.2 Å². The zero-order chi connectivity index (χ0) is 25.3. The highest BCUT2D eigenvalue weighted by Crippen LogP contribution is 2.30. The number of methoxy groups -OCH3 is 1. The van der Waals surface area contributed by atoms with Crippen LogP contribution in [0.4, 0.5) is 5.69 Å². The molecule has 1 aliphatic heterocycles. The van der Waals surface area contributed by atoms with E-state index in [4.69, 9.17) is 13.9 Å². The second kappa shape index (κ2) is 12.4. The van der Waals surface area contributed by atoms with Crippen LogP contribution in [0.2, 0.25) is 0 Å². The molecule has 3 aromatic rings. The molecule has 2 heterocycles. The number of furan rings is 1. The zero-order valence-corrected chi connectivity index (χ0v) is 20.8. The summed E-state index contributed by atoms with van der Waals surface area (Å²) in [5.41, 5.74) is 2.54. The van der Waals surface area contributed by atoms with E-state index in [2.05, 4.69) is 45.9 Å². The van der Waals surface area contributed by atoms with E-state index in [1.165, 1.54) is 0 Å². The summed E-state index contributed by atoms with van der Waals surface area (Å²) in [7, 11) is 1.55. The highest BCUT2D eigenvalue weighted by atomic mass is 16.5. The maximum atomic E-state index is 12.4. The Morgan fingerprint density at radius 3 is 2.64 bits per heavy atom. The topological polar surface area (TPSA) is 99.8 Å². The van der Waals surface area contributed by atoms with Gasteiger partial charge in [0.15, 0.2) is 0 Å². The number of morpholine rings is 1. The van der Waals surface area contributed by atoms with Gasteiger partial charge >= 0.3 is 0 Å². The minimum Gasteiger partial charge on any atom is -0.456 e. The van der Waals surface area contributed by atoms with Crippen molar-refractivity contribution in [3.05, 3.63) is 59.9 Å². The minimum absolute atomic E-state index is 0.0270. The third kappa shape index (κ3) is 6.32. The highest BCUT2D eigenvalue weighted by molar-refractivity contribution is 6.04. The van der Waals surface area contributed by atoms with E-state index in [9.17, 15) is 10.1 Å². The van der Waals surface area contributed by atoms with Crippen LogP contribution >= 0.6 is 0 Å². The summed E-state index contributed by atoms with van der Waals surface area (Å²) in [6.07, 6.45) is 0. The van der Waals surface area contributed by atoms with E-state index >= 15 is 0 Å². The number of nitrogens with zero attached hydrogens (tertiary/aromatic N) is 2. The number of nitrogens with one attached hydrogen (secondary N) is 2. The smallest absolute Gasteiger partial charge is 0.262 e. The SMILES string of the molecule is COCCNC(=O)/C(C#N)=C(\C)c1ccc(-c2ccc3cc(NCCN4CCOCC4)ccc3c2)o1. The number of ether oxygens (including phenoxy) is 2. The van der Waals surface area contributed by atoms with Crippen LogP contribution in [0.3, 0.4) is 0 Å². The van der Waals surface area contributed by atoms with Crippen LogP contribution in [0.15, 0.2) is 58.5 Å². The Morgan fingerprint density at radius 2 is 1.86 bits per heavy atom. The molecule has 8 nitrogen and oxygen atoms in total. The van der Waals surface area contributed by atoms with Gasteiger partial charge in [-0.2, -0.15) is 5.26 Å². The fourth-order valence-corrected chi connectivity index (χ4v) is 4.17. The third-order valence-electron chi connectivity index (χ3n) is 6.27. The average molecular weight is 489 g/mol. The molecule has 1 aromatic heterocycles. The van der Waals surface area contributed by atoms with Crippen LogP contribution < -0.4 is 10.6 Å². The number of carbonyl (C=O) groups is 1. The molecular formula is C28H32N4O4. The quantitative estimate of drug-likeness (QED) is 0.254. The Morgan fingerprint density at radius 1 is 1.08 bits per heavy atom. The number of allylic oxidation sites excluding steroid dienone is 1. The lowest BCUT2D eigenvalue weighted by Gasteiger charge is -2.26. The van der Waals surface area contributed by atoms with Gasteiger partial charge in [-0.3, -0.25) is 9.69 Å². The van der Waals surface area contributed by atoms with Gasteiger partial charge in [0.05, 0.1) is 19.8 Å². The molecule has 36 heavy (non-hydrogen) atoms. The van der Waals surface area contributed by atoms with E-state index < -0.39 is 5.91 Å². The monoisotopic (exact) mass is 488 g/mol. The average Bonchev–Trinajstić information content (AvgIpc) is 3.40. The molecule has 1 aliphatic rings. The summed E-state index contributed by atoms with van der Waals surface area (Å²) in [6.45, 7) is 7.92. The van der Waals surface area contributed by atoms with Crippen molar-refractivity contribution in [1.29, 1.82) is 5.26 Å². The van der Waals surface area contributed by atoms with Crippen LogP contribution in [0, 0.1) is 11.3 Å². The van der Waals surface area contributed by atoms with Crippen molar-refractivity contribution in [1.82, 2.24) is 10.2 Å². The van der Waals surface area contributed by atoms with Gasteiger partial charge in [0, 0.05) is 56.7 Å². The van der Waals surface area contributed by atoms with E-state index in [0.29, 0.717) is 30.2 Å². The Balaban J connectivity index is 1.44. The second-order valence-electron chi connectivity index (χ2n) is 8.68. The molecule has 1 amide bonds. The maximum Gasteiger partial charge on any atom is 0.262 e. The van der Waals surface area contributed by atoms with Gasteiger partial charge in [0.25, 0.3) is 5.91 Å². The summed E-state index contributed by atoms with van der Waals surface area (Å²) in [5.74, 6) is 0.726. The summed E-state index contributed by atoms with van der Waals surface area (Å²) >= 11 is 0. The number of amides is 1. The van der Waals surface area contributed by atoms with Gasteiger partial charge in [-0.1, -0.05) is 18.2 Å². The summed E-state index contributed by atoms with van der Waals surface area (Å²) in [5, 5.41) is 17.9. The molecule has 0 unspecified atom stereocenters. The first-order chi connectivity index (χ1) is 17.6. The van der Waals surface area contributed by atoms with Crippen molar-refractivity contribution in [2.45, 2.75) is 6.92 Å². The Kier molecular flexibility index (Phi) is 8.74. The summed E-state index contributed by atoms with van der Waals surface area (Å²) in [4.78, 5) is 14.8. The lowest BCUT2D eigenvalue weighted by Crippen LogP contribution is -2.38. The predicted molar refractivity (Wildman–Crippen MR) is 140 cm³/mol. The van der Waals surface area contributed by atoms with E-state index in [1.54, 1.807) is 20.1 Å². The summed E-state index contributed by atoms with van der Waals surface area (Å²) < 4.78 is 16.4. The van der Waals surface area contributed by atoms with Crippen molar-refractivity contribution in [2.75, 3.05) is 65.0 Å². The number of fused-ring (bicyclic) bond motifs is 1. The number of nitriles is 1. The van der Waals surface area contributed by atoms with Gasteiger partial charge in [0.1, 0.15) is 23.2 Å². The predicted octanol–water partition coefficient (Wildman–Crippen LogP) is 3.90. The van der Waals surface area contributed by atoms with Crippen LogP contribution in [-0.4, -0.2) is 70.5 Å². The first-order valence-corrected chi connectivity index (χ1v) is 12.2. The molecule has 2 N–H and O–H groups in total. The molecule has 0 aliphatic carbocycles. The molecule has 4 rings (SSSR count). The van der Waals surface area contributed by atoms with Gasteiger partial charge in [-0.15, -0.1) is 0 Å². The first kappa shape index (κ1) is 25.5. The van der Waals surface area contributed by atoms with Crippen LogP contribution in [-0.2, 0) is 14.3 Å². The van der Waals surface area contributed by atoms with Crippen molar-refractivity contribution in [2.24, 2.45) is 0 Å². The lowest BCUT2D eigenvalue weighted by atomic mass is 10.0. The fraction of sp³-hybridized carbons (Fsp3) is 0.357. The second-order valence-corrected chi connectivity index (χ2v) is 8.68. The van der Waals surface area contributed by atoms with Crippen molar-refractivity contribution in [3.8, 4) is 17.4 Å². The standard InChI is InChI=1S/C28H32N4O4/c1-20(25(19-29)28(33)31-10-14-34-2)26-7-8-27(36-26)23-4-3-22-18-24(6-5-21(22)17-23)30-9-11-32-12-15-35-16-13-32/h3-8,17-18,30H,9-16H2,1-2H3,(H,31,33)/b25-20+. The number of hydrogen-bond acceptors (Lipinski definition) is 7. The minimum atomic E-state index is -0.440. The van der Waals surface area contributed by atoms with E-state index in [0.717, 1.165) is 61.4 Å². The van der Waals surface area contributed by atoms with Crippen molar-refractivity contribution in [3.63, 3.8) is 0 Å². The number of hydrogen-bond donors (Lipinski definition) is 2. The lowest BCUT2D eigenvalue weighted by molar-refractivity contribution is -0.117. The molecule has 2 aromatic carbocycles. The zero-order valence-electron chi connectivity index (χ0n) is 20.8. The molecule has 1 fully saturated rings. The van der Waals surface area contributed by atoms with Crippen molar-refractivity contribution < 1.29 is 18.7 Å². The van der Waals surface area contributed by atoms with Gasteiger partial charge < -0.3 is 24.5 Å². The largest absolute Gasteiger partial charge is 0.456 e. The maximum absolute atomic E-state index is 12.4. The number of benzene rings is 2. The molecule has 0 saturated carbocycles. The Labute approximate surface area is 211 Å². The molecule has 188 valence electrons. The highest BCUT2D eigenvalue weighted by Gasteiger charge is 2.16. The van der Waals surface area contributed by atoms with Gasteiger partial charge in [-0.25, -0.2) is 0 Å². The molecule has 1 saturated heterocycles. The number of anilines is 1. The van der Waals surface area contributed by atoms with Gasteiger partial charge in [0.2, 0.25) is 0 Å². The van der Waals surface area contributed by atoms with Crippen LogP contribution in [0.5, 0.6) is 0 Å². The molecule has 0 spiro atoms. The third-order valence-corrected chi connectivity index (χ3v) is 6.27.